The van der Waals surface area contributed by atoms with E-state index in [2.05, 4.69) is 18.3 Å². The van der Waals surface area contributed by atoms with E-state index >= 15 is 0 Å². The maximum atomic E-state index is 11.7. The van der Waals surface area contributed by atoms with Crippen LogP contribution in [0.25, 0.3) is 0 Å². The number of carbonyl (C=O) groups is 1. The van der Waals surface area contributed by atoms with E-state index < -0.39 is 6.03 Å². The summed E-state index contributed by atoms with van der Waals surface area (Å²) < 4.78 is 5.85. The molecule has 0 fully saturated rings. The minimum Gasteiger partial charge on any atom is -0.489 e. The molecule has 0 aromatic heterocycles. The van der Waals surface area contributed by atoms with Gasteiger partial charge >= 0.3 is 6.03 Å². The van der Waals surface area contributed by atoms with Gasteiger partial charge in [0.25, 0.3) is 0 Å². The van der Waals surface area contributed by atoms with Crippen LogP contribution in [0.4, 0.5) is 10.5 Å². The van der Waals surface area contributed by atoms with Crippen molar-refractivity contribution in [3.63, 3.8) is 0 Å². The lowest BCUT2D eigenvalue weighted by atomic mass is 10.1. The van der Waals surface area contributed by atoms with Crippen molar-refractivity contribution in [3.8, 4) is 5.75 Å². The van der Waals surface area contributed by atoms with Crippen LogP contribution in [0, 0.1) is 6.92 Å². The molecule has 0 saturated heterocycles. The van der Waals surface area contributed by atoms with E-state index in [9.17, 15) is 10.0 Å². The van der Waals surface area contributed by atoms with Crippen molar-refractivity contribution in [2.24, 2.45) is 0 Å². The fourth-order valence-corrected chi connectivity index (χ4v) is 2.49. The predicted octanol–water partition coefficient (Wildman–Crippen LogP) is 4.32. The predicted molar refractivity (Wildman–Crippen MR) is 95.1 cm³/mol. The Morgan fingerprint density at radius 2 is 2.04 bits per heavy atom. The Bertz CT molecular complexity index is 734. The third-order valence-corrected chi connectivity index (χ3v) is 3.95. The number of halogens is 1. The van der Waals surface area contributed by atoms with Gasteiger partial charge in [-0.15, -0.1) is 0 Å². The molecule has 5 nitrogen and oxygen atoms in total. The Morgan fingerprint density at radius 1 is 1.29 bits per heavy atom. The number of aryl methyl sites for hydroxylation is 2. The lowest BCUT2D eigenvalue weighted by molar-refractivity contribution is 0.205. The van der Waals surface area contributed by atoms with Gasteiger partial charge in [-0.25, -0.2) is 4.79 Å². The third kappa shape index (κ3) is 4.19. The number of hydrogen-bond donors (Lipinski definition) is 2. The molecule has 0 saturated carbocycles. The summed E-state index contributed by atoms with van der Waals surface area (Å²) in [6.45, 7) is 4.29. The van der Waals surface area contributed by atoms with Crippen molar-refractivity contribution in [1.82, 2.24) is 5.32 Å². The molecule has 0 heterocycles. The van der Waals surface area contributed by atoms with Gasteiger partial charge in [0.2, 0.25) is 0 Å². The molecule has 2 amide bonds. The molecule has 2 aromatic rings. The minimum atomic E-state index is -0.651. The fraction of sp³-hybridized carbons (Fsp3) is 0.278. The van der Waals surface area contributed by atoms with Crippen molar-refractivity contribution in [1.29, 1.82) is 0 Å². The Morgan fingerprint density at radius 3 is 2.67 bits per heavy atom. The van der Waals surface area contributed by atoms with Crippen LogP contribution in [0.2, 0.25) is 5.02 Å². The highest BCUT2D eigenvalue weighted by Crippen LogP contribution is 2.27. The number of nitrogens with zero attached hydrogens (tertiary/aromatic N) is 1. The van der Waals surface area contributed by atoms with Crippen LogP contribution < -0.4 is 15.1 Å². The highest BCUT2D eigenvalue weighted by atomic mass is 35.5. The largest absolute Gasteiger partial charge is 0.489 e. The monoisotopic (exact) mass is 348 g/mol. The first-order valence-corrected chi connectivity index (χ1v) is 8.05. The van der Waals surface area contributed by atoms with Gasteiger partial charge in [0, 0.05) is 17.6 Å². The molecular formula is C18H21ClN2O3. The molecule has 0 bridgehead atoms. The fourth-order valence-electron chi connectivity index (χ4n) is 2.32. The van der Waals surface area contributed by atoms with Crippen LogP contribution >= 0.6 is 11.6 Å². The van der Waals surface area contributed by atoms with E-state index in [0.717, 1.165) is 17.7 Å². The molecule has 2 N–H and O–H groups in total. The normalized spacial score (nSPS) is 10.4. The van der Waals surface area contributed by atoms with E-state index in [4.69, 9.17) is 16.3 Å². The smallest absolute Gasteiger partial charge is 0.345 e. The van der Waals surface area contributed by atoms with Gasteiger partial charge in [-0.3, -0.25) is 5.21 Å². The quantitative estimate of drug-likeness (QED) is 0.624. The Kier molecular flexibility index (Phi) is 6.06. The van der Waals surface area contributed by atoms with E-state index in [1.165, 1.54) is 18.7 Å². The standard InChI is InChI=1S/C18H21ClN2O3/c1-4-13-5-8-17(12(2)9-13)24-11-14-6-7-15(19)10-16(14)21(23)18(22)20-3/h5-10,23H,4,11H2,1-3H3,(H,20,22). The number of hydrogen-bond acceptors (Lipinski definition) is 3. The molecule has 128 valence electrons. The molecule has 2 aromatic carbocycles. The molecule has 0 aliphatic rings. The van der Waals surface area contributed by atoms with E-state index in [1.54, 1.807) is 12.1 Å². The zero-order valence-corrected chi connectivity index (χ0v) is 14.7. The first-order valence-electron chi connectivity index (χ1n) is 7.67. The number of ether oxygens (including phenoxy) is 1. The molecule has 2 rings (SSSR count). The molecule has 0 unspecified atom stereocenters. The summed E-state index contributed by atoms with van der Waals surface area (Å²) in [5.74, 6) is 0.762. The average Bonchev–Trinajstić information content (AvgIpc) is 2.59. The molecular weight excluding hydrogens is 328 g/mol. The number of nitrogens with one attached hydrogen (secondary N) is 1. The summed E-state index contributed by atoms with van der Waals surface area (Å²) in [7, 11) is 1.44. The van der Waals surface area contributed by atoms with Gasteiger partial charge in [0.05, 0.1) is 5.69 Å². The van der Waals surface area contributed by atoms with E-state index in [1.807, 2.05) is 19.1 Å². The summed E-state index contributed by atoms with van der Waals surface area (Å²) in [5.41, 5.74) is 3.21. The van der Waals surface area contributed by atoms with Crippen LogP contribution in [-0.2, 0) is 13.0 Å². The summed E-state index contributed by atoms with van der Waals surface area (Å²) in [4.78, 5) is 11.7. The van der Waals surface area contributed by atoms with Crippen LogP contribution in [-0.4, -0.2) is 18.3 Å². The van der Waals surface area contributed by atoms with Gasteiger partial charge < -0.3 is 10.1 Å². The summed E-state index contributed by atoms with van der Waals surface area (Å²) in [6, 6.07) is 10.3. The second-order valence-corrected chi connectivity index (χ2v) is 5.82. The van der Waals surface area contributed by atoms with Gasteiger partial charge in [-0.05, 0) is 42.7 Å². The maximum Gasteiger partial charge on any atom is 0.345 e. The molecule has 6 heteroatoms. The molecule has 24 heavy (non-hydrogen) atoms. The van der Waals surface area contributed by atoms with E-state index in [0.29, 0.717) is 15.6 Å². The number of rotatable bonds is 5. The third-order valence-electron chi connectivity index (χ3n) is 3.71. The minimum absolute atomic E-state index is 0.201. The Balaban J connectivity index is 2.22. The highest BCUT2D eigenvalue weighted by Gasteiger charge is 2.16. The first kappa shape index (κ1) is 18.1. The number of hydroxylamine groups is 1. The van der Waals surface area contributed by atoms with Crippen LogP contribution in [0.1, 0.15) is 23.6 Å². The van der Waals surface area contributed by atoms with Gasteiger partial charge in [-0.2, -0.15) is 5.06 Å². The van der Waals surface area contributed by atoms with Gasteiger partial charge in [0.1, 0.15) is 12.4 Å². The zero-order valence-electron chi connectivity index (χ0n) is 14.0. The van der Waals surface area contributed by atoms with Crippen molar-refractivity contribution in [2.45, 2.75) is 26.9 Å². The topological polar surface area (TPSA) is 61.8 Å². The number of anilines is 1. The van der Waals surface area contributed by atoms with Crippen LogP contribution in [0.5, 0.6) is 5.75 Å². The average molecular weight is 349 g/mol. The summed E-state index contributed by atoms with van der Waals surface area (Å²) in [5, 5.41) is 13.3. The van der Waals surface area contributed by atoms with E-state index in [-0.39, 0.29) is 12.3 Å². The second kappa shape index (κ2) is 8.04. The molecule has 0 aliphatic heterocycles. The van der Waals surface area contributed by atoms with Gasteiger partial charge in [0.15, 0.2) is 0 Å². The van der Waals surface area contributed by atoms with Crippen LogP contribution in [0.15, 0.2) is 36.4 Å². The Hall–Kier alpha value is -2.24. The highest BCUT2D eigenvalue weighted by molar-refractivity contribution is 6.31. The van der Waals surface area contributed by atoms with Crippen molar-refractivity contribution in [3.05, 3.63) is 58.1 Å². The lowest BCUT2D eigenvalue weighted by Crippen LogP contribution is -2.36. The number of amides is 2. The van der Waals surface area contributed by atoms with Crippen molar-refractivity contribution in [2.75, 3.05) is 12.1 Å². The van der Waals surface area contributed by atoms with Gasteiger partial charge in [-0.1, -0.05) is 36.7 Å². The lowest BCUT2D eigenvalue weighted by Gasteiger charge is -2.19. The molecule has 0 atom stereocenters. The SMILES string of the molecule is CCc1ccc(OCc2ccc(Cl)cc2N(O)C(=O)NC)c(C)c1. The zero-order chi connectivity index (χ0) is 17.7. The number of urea groups is 1. The molecule has 0 spiro atoms. The summed E-state index contributed by atoms with van der Waals surface area (Å²) >= 11 is 5.97. The van der Waals surface area contributed by atoms with Crippen LogP contribution in [0.3, 0.4) is 0 Å². The second-order valence-electron chi connectivity index (χ2n) is 5.38. The first-order chi connectivity index (χ1) is 11.5. The number of benzene rings is 2. The maximum absolute atomic E-state index is 11.7. The molecule has 0 aliphatic carbocycles. The number of carbonyl (C=O) groups excluding carboxylic acids is 1. The Labute approximate surface area is 146 Å². The summed E-state index contributed by atoms with van der Waals surface area (Å²) in [6.07, 6.45) is 0.966. The van der Waals surface area contributed by atoms with Crippen molar-refractivity contribution >= 4 is 23.3 Å². The van der Waals surface area contributed by atoms with Crippen molar-refractivity contribution < 1.29 is 14.7 Å². The molecule has 0 radical (unpaired) electrons.